The highest BCUT2D eigenvalue weighted by Gasteiger charge is 2.20. The summed E-state index contributed by atoms with van der Waals surface area (Å²) in [5.41, 5.74) is 1.97. The van der Waals surface area contributed by atoms with Gasteiger partial charge in [-0.1, -0.05) is 6.92 Å². The fraction of sp³-hybridized carbons (Fsp3) is 0.214. The lowest BCUT2D eigenvalue weighted by Crippen LogP contribution is -2.10. The quantitative estimate of drug-likeness (QED) is 0.909. The molecular formula is C14H13N3O2. The van der Waals surface area contributed by atoms with E-state index >= 15 is 0 Å². The van der Waals surface area contributed by atoms with E-state index in [4.69, 9.17) is 10.4 Å². The van der Waals surface area contributed by atoms with E-state index in [1.807, 2.05) is 6.92 Å². The molecule has 1 atom stereocenters. The van der Waals surface area contributed by atoms with E-state index in [2.05, 4.69) is 11.1 Å². The van der Waals surface area contributed by atoms with Crippen LogP contribution in [-0.2, 0) is 4.79 Å². The Hall–Kier alpha value is -2.61. The van der Waals surface area contributed by atoms with Crippen LogP contribution in [0.5, 0.6) is 0 Å². The van der Waals surface area contributed by atoms with Crippen molar-refractivity contribution in [2.45, 2.75) is 19.3 Å². The third kappa shape index (κ3) is 2.63. The molecule has 5 nitrogen and oxygen atoms in total. The van der Waals surface area contributed by atoms with Crippen molar-refractivity contribution in [3.8, 4) is 11.8 Å². The molecule has 96 valence electrons. The topological polar surface area (TPSA) is 78.9 Å². The third-order valence-corrected chi connectivity index (χ3v) is 2.96. The predicted molar refractivity (Wildman–Crippen MR) is 68.9 cm³/mol. The van der Waals surface area contributed by atoms with Gasteiger partial charge in [0.25, 0.3) is 0 Å². The number of aliphatic carboxylic acids is 1. The maximum Gasteiger partial charge on any atom is 0.312 e. The molecule has 2 aromatic rings. The molecule has 0 fully saturated rings. The van der Waals surface area contributed by atoms with Crippen molar-refractivity contribution in [3.63, 3.8) is 0 Å². The molecule has 0 saturated carbocycles. The second-order valence-electron chi connectivity index (χ2n) is 4.16. The molecule has 1 aromatic carbocycles. The smallest absolute Gasteiger partial charge is 0.312 e. The maximum atomic E-state index is 11.1. The van der Waals surface area contributed by atoms with E-state index in [0.717, 1.165) is 5.69 Å². The number of rotatable bonds is 4. The van der Waals surface area contributed by atoms with Gasteiger partial charge in [-0.2, -0.15) is 5.26 Å². The van der Waals surface area contributed by atoms with Crippen molar-refractivity contribution in [1.82, 2.24) is 9.55 Å². The molecule has 0 bridgehead atoms. The Labute approximate surface area is 110 Å². The lowest BCUT2D eigenvalue weighted by molar-refractivity contribution is -0.138. The number of nitriles is 1. The van der Waals surface area contributed by atoms with Crippen LogP contribution >= 0.6 is 0 Å². The molecule has 0 aliphatic rings. The highest BCUT2D eigenvalue weighted by molar-refractivity contribution is 5.75. The number of nitrogens with zero attached hydrogens (tertiary/aromatic N) is 3. The van der Waals surface area contributed by atoms with Gasteiger partial charge in [-0.15, -0.1) is 0 Å². The molecule has 0 aliphatic carbocycles. The fourth-order valence-electron chi connectivity index (χ4n) is 1.88. The van der Waals surface area contributed by atoms with Gasteiger partial charge >= 0.3 is 5.97 Å². The summed E-state index contributed by atoms with van der Waals surface area (Å²) in [4.78, 5) is 15.2. The van der Waals surface area contributed by atoms with E-state index in [1.165, 1.54) is 0 Å². The highest BCUT2D eigenvalue weighted by atomic mass is 16.4. The molecule has 1 aromatic heterocycles. The SMILES string of the molecule is CCC(C(=O)O)c1cn(-c2ccc(C#N)cc2)cn1. The zero-order valence-corrected chi connectivity index (χ0v) is 10.4. The van der Waals surface area contributed by atoms with Crippen LogP contribution in [0.1, 0.15) is 30.5 Å². The average molecular weight is 255 g/mol. The minimum atomic E-state index is -0.868. The van der Waals surface area contributed by atoms with Crippen molar-refractivity contribution in [3.05, 3.63) is 48.0 Å². The van der Waals surface area contributed by atoms with E-state index in [0.29, 0.717) is 17.7 Å². The van der Waals surface area contributed by atoms with Crippen LogP contribution in [0.25, 0.3) is 5.69 Å². The monoisotopic (exact) mass is 255 g/mol. The van der Waals surface area contributed by atoms with Crippen LogP contribution in [-0.4, -0.2) is 20.6 Å². The van der Waals surface area contributed by atoms with Crippen LogP contribution in [0.15, 0.2) is 36.8 Å². The first-order valence-corrected chi connectivity index (χ1v) is 5.93. The molecular weight excluding hydrogens is 242 g/mol. The second kappa shape index (κ2) is 5.36. The molecule has 0 radical (unpaired) electrons. The van der Waals surface area contributed by atoms with Crippen molar-refractivity contribution in [1.29, 1.82) is 5.26 Å². The van der Waals surface area contributed by atoms with Crippen molar-refractivity contribution >= 4 is 5.97 Å². The Balaban J connectivity index is 2.30. The molecule has 1 heterocycles. The minimum Gasteiger partial charge on any atom is -0.481 e. The molecule has 1 unspecified atom stereocenters. The molecule has 2 rings (SSSR count). The summed E-state index contributed by atoms with van der Waals surface area (Å²) in [5.74, 6) is -1.45. The van der Waals surface area contributed by atoms with Crippen LogP contribution in [0.2, 0.25) is 0 Å². The second-order valence-corrected chi connectivity index (χ2v) is 4.16. The van der Waals surface area contributed by atoms with Crippen LogP contribution in [0, 0.1) is 11.3 Å². The summed E-state index contributed by atoms with van der Waals surface area (Å²) in [6.07, 6.45) is 3.80. The number of hydrogen-bond acceptors (Lipinski definition) is 3. The molecule has 0 spiro atoms. The van der Waals surface area contributed by atoms with Gasteiger partial charge in [-0.25, -0.2) is 4.98 Å². The van der Waals surface area contributed by atoms with E-state index in [9.17, 15) is 4.79 Å². The third-order valence-electron chi connectivity index (χ3n) is 2.96. The summed E-state index contributed by atoms with van der Waals surface area (Å²) in [6.45, 7) is 1.82. The number of carboxylic acid groups (broad SMARTS) is 1. The molecule has 0 amide bonds. The van der Waals surface area contributed by atoms with Gasteiger partial charge in [0.05, 0.1) is 23.7 Å². The first-order valence-electron chi connectivity index (χ1n) is 5.93. The zero-order valence-electron chi connectivity index (χ0n) is 10.4. The van der Waals surface area contributed by atoms with Gasteiger partial charge in [-0.05, 0) is 30.7 Å². The van der Waals surface area contributed by atoms with Gasteiger partial charge in [0, 0.05) is 11.9 Å². The standard InChI is InChI=1S/C14H13N3O2/c1-2-12(14(18)19)13-8-17(9-16-13)11-5-3-10(7-15)4-6-11/h3-6,8-9,12H,2H2,1H3,(H,18,19). The summed E-state index contributed by atoms with van der Waals surface area (Å²) < 4.78 is 1.75. The van der Waals surface area contributed by atoms with Crippen LogP contribution in [0.3, 0.4) is 0 Å². The number of aromatic nitrogens is 2. The van der Waals surface area contributed by atoms with E-state index in [1.54, 1.807) is 41.4 Å². The molecule has 0 aliphatic heterocycles. The Kier molecular flexibility index (Phi) is 3.62. The molecule has 5 heteroatoms. The van der Waals surface area contributed by atoms with Gasteiger partial charge in [0.1, 0.15) is 5.92 Å². The normalized spacial score (nSPS) is 11.8. The zero-order chi connectivity index (χ0) is 13.8. The molecule has 1 N–H and O–H groups in total. The Morgan fingerprint density at radius 1 is 1.47 bits per heavy atom. The van der Waals surface area contributed by atoms with Gasteiger partial charge < -0.3 is 9.67 Å². The van der Waals surface area contributed by atoms with Gasteiger partial charge in [0.15, 0.2) is 0 Å². The molecule has 19 heavy (non-hydrogen) atoms. The Bertz CT molecular complexity index is 623. The van der Waals surface area contributed by atoms with Crippen molar-refractivity contribution in [2.75, 3.05) is 0 Å². The van der Waals surface area contributed by atoms with Crippen molar-refractivity contribution in [2.24, 2.45) is 0 Å². The Morgan fingerprint density at radius 3 is 2.68 bits per heavy atom. The largest absolute Gasteiger partial charge is 0.481 e. The predicted octanol–water partition coefficient (Wildman–Crippen LogP) is 2.32. The first kappa shape index (κ1) is 12.8. The first-order chi connectivity index (χ1) is 9.15. The molecule has 0 saturated heterocycles. The number of benzene rings is 1. The lowest BCUT2D eigenvalue weighted by atomic mass is 10.0. The highest BCUT2D eigenvalue weighted by Crippen LogP contribution is 2.19. The maximum absolute atomic E-state index is 11.1. The number of hydrogen-bond donors (Lipinski definition) is 1. The average Bonchev–Trinajstić information content (AvgIpc) is 2.89. The van der Waals surface area contributed by atoms with Crippen LogP contribution in [0.4, 0.5) is 0 Å². The van der Waals surface area contributed by atoms with E-state index in [-0.39, 0.29) is 0 Å². The number of imidazole rings is 1. The van der Waals surface area contributed by atoms with E-state index < -0.39 is 11.9 Å². The lowest BCUT2D eigenvalue weighted by Gasteiger charge is -2.05. The van der Waals surface area contributed by atoms with Crippen molar-refractivity contribution < 1.29 is 9.90 Å². The number of carboxylic acids is 1. The number of carbonyl (C=O) groups is 1. The fourth-order valence-corrected chi connectivity index (χ4v) is 1.88. The summed E-state index contributed by atoms with van der Waals surface area (Å²) >= 11 is 0. The van der Waals surface area contributed by atoms with Gasteiger partial charge in [0.2, 0.25) is 0 Å². The summed E-state index contributed by atoms with van der Waals surface area (Å²) in [7, 11) is 0. The van der Waals surface area contributed by atoms with Crippen LogP contribution < -0.4 is 0 Å². The summed E-state index contributed by atoms with van der Waals surface area (Å²) in [6, 6.07) is 9.07. The Morgan fingerprint density at radius 2 is 2.16 bits per heavy atom. The summed E-state index contributed by atoms with van der Waals surface area (Å²) in [5, 5.41) is 17.8. The minimum absolute atomic E-state index is 0.500. The van der Waals surface area contributed by atoms with Gasteiger partial charge in [-0.3, -0.25) is 4.79 Å².